The third-order valence-corrected chi connectivity index (χ3v) is 3.86. The zero-order valence-electron chi connectivity index (χ0n) is 10.1. The van der Waals surface area contributed by atoms with Crippen molar-refractivity contribution in [2.45, 2.75) is 25.3 Å². The van der Waals surface area contributed by atoms with Gasteiger partial charge in [-0.3, -0.25) is 4.79 Å². The van der Waals surface area contributed by atoms with Gasteiger partial charge in [-0.1, -0.05) is 0 Å². The summed E-state index contributed by atoms with van der Waals surface area (Å²) < 4.78 is 13.7. The summed E-state index contributed by atoms with van der Waals surface area (Å²) in [6.45, 7) is 0.396. The normalized spacial score (nSPS) is 19.3. The number of carbonyl (C=O) groups is 2. The molecule has 2 rings (SSSR count). The SMILES string of the molecule is O=C(O)[C@H]1CCCCN1C(=O)c1ccc(Br)c(F)c1. The number of benzene rings is 1. The van der Waals surface area contributed by atoms with Crippen LogP contribution in [-0.2, 0) is 4.79 Å². The Morgan fingerprint density at radius 1 is 1.37 bits per heavy atom. The monoisotopic (exact) mass is 329 g/mol. The topological polar surface area (TPSA) is 57.6 Å². The first-order valence-electron chi connectivity index (χ1n) is 5.99. The fourth-order valence-corrected chi connectivity index (χ4v) is 2.47. The summed E-state index contributed by atoms with van der Waals surface area (Å²) in [6.07, 6.45) is 2.00. The van der Waals surface area contributed by atoms with Gasteiger partial charge in [0.15, 0.2) is 0 Å². The van der Waals surface area contributed by atoms with Crippen molar-refractivity contribution in [1.29, 1.82) is 0 Å². The number of hydrogen-bond donors (Lipinski definition) is 1. The van der Waals surface area contributed by atoms with E-state index in [2.05, 4.69) is 15.9 Å². The lowest BCUT2D eigenvalue weighted by atomic mass is 10.0. The molecule has 19 heavy (non-hydrogen) atoms. The van der Waals surface area contributed by atoms with Gasteiger partial charge < -0.3 is 10.0 Å². The van der Waals surface area contributed by atoms with E-state index in [1.807, 2.05) is 0 Å². The largest absolute Gasteiger partial charge is 0.480 e. The van der Waals surface area contributed by atoms with Crippen molar-refractivity contribution in [2.75, 3.05) is 6.54 Å². The summed E-state index contributed by atoms with van der Waals surface area (Å²) in [5.74, 6) is -1.97. The average Bonchev–Trinajstić information content (AvgIpc) is 2.41. The number of amides is 1. The molecular formula is C13H13BrFNO3. The number of carboxylic acid groups (broad SMARTS) is 1. The smallest absolute Gasteiger partial charge is 0.326 e. The minimum Gasteiger partial charge on any atom is -0.480 e. The van der Waals surface area contributed by atoms with E-state index < -0.39 is 23.7 Å². The summed E-state index contributed by atoms with van der Waals surface area (Å²) >= 11 is 3.02. The molecule has 1 aromatic carbocycles. The van der Waals surface area contributed by atoms with E-state index in [9.17, 15) is 14.0 Å². The number of rotatable bonds is 2. The highest BCUT2D eigenvalue weighted by molar-refractivity contribution is 9.10. The first kappa shape index (κ1) is 14.0. The van der Waals surface area contributed by atoms with E-state index in [1.165, 1.54) is 17.0 Å². The van der Waals surface area contributed by atoms with Crippen molar-refractivity contribution in [3.63, 3.8) is 0 Å². The zero-order valence-corrected chi connectivity index (χ0v) is 11.7. The number of nitrogens with zero attached hydrogens (tertiary/aromatic N) is 1. The molecule has 1 saturated heterocycles. The maximum absolute atomic E-state index is 13.4. The van der Waals surface area contributed by atoms with Gasteiger partial charge in [0, 0.05) is 12.1 Å². The molecule has 6 heteroatoms. The second-order valence-corrected chi connectivity index (χ2v) is 5.33. The van der Waals surface area contributed by atoms with Crippen LogP contribution in [0.5, 0.6) is 0 Å². The molecule has 1 atom stereocenters. The molecule has 0 radical (unpaired) electrons. The third kappa shape index (κ3) is 2.94. The number of piperidine rings is 1. The molecule has 0 bridgehead atoms. The Kier molecular flexibility index (Phi) is 4.19. The highest BCUT2D eigenvalue weighted by Gasteiger charge is 2.32. The lowest BCUT2D eigenvalue weighted by molar-refractivity contribution is -0.143. The van der Waals surface area contributed by atoms with Gasteiger partial charge in [-0.05, 0) is 53.4 Å². The van der Waals surface area contributed by atoms with Crippen molar-refractivity contribution in [1.82, 2.24) is 4.90 Å². The van der Waals surface area contributed by atoms with E-state index >= 15 is 0 Å². The van der Waals surface area contributed by atoms with E-state index in [0.717, 1.165) is 18.9 Å². The lowest BCUT2D eigenvalue weighted by Crippen LogP contribution is -2.48. The summed E-state index contributed by atoms with van der Waals surface area (Å²) in [5, 5.41) is 9.13. The van der Waals surface area contributed by atoms with Gasteiger partial charge in [0.1, 0.15) is 11.9 Å². The minimum atomic E-state index is -1.01. The van der Waals surface area contributed by atoms with Crippen molar-refractivity contribution in [2.24, 2.45) is 0 Å². The van der Waals surface area contributed by atoms with Crippen LogP contribution in [0.25, 0.3) is 0 Å². The predicted molar refractivity (Wildman–Crippen MR) is 70.4 cm³/mol. The fourth-order valence-electron chi connectivity index (χ4n) is 2.23. The molecule has 1 fully saturated rings. The Labute approximate surface area is 118 Å². The van der Waals surface area contributed by atoms with E-state index in [0.29, 0.717) is 13.0 Å². The number of carboxylic acids is 1. The molecule has 0 saturated carbocycles. The quantitative estimate of drug-likeness (QED) is 0.907. The Morgan fingerprint density at radius 2 is 2.11 bits per heavy atom. The van der Waals surface area contributed by atoms with Crippen molar-refractivity contribution < 1.29 is 19.1 Å². The van der Waals surface area contributed by atoms with Crippen LogP contribution in [-0.4, -0.2) is 34.5 Å². The number of halogens is 2. The van der Waals surface area contributed by atoms with Crippen LogP contribution in [0.2, 0.25) is 0 Å². The van der Waals surface area contributed by atoms with Gasteiger partial charge >= 0.3 is 5.97 Å². The third-order valence-electron chi connectivity index (χ3n) is 3.22. The van der Waals surface area contributed by atoms with Gasteiger partial charge in [-0.2, -0.15) is 0 Å². The van der Waals surface area contributed by atoms with Crippen LogP contribution >= 0.6 is 15.9 Å². The summed E-state index contributed by atoms with van der Waals surface area (Å²) in [6, 6.07) is 3.25. The molecule has 1 heterocycles. The van der Waals surface area contributed by atoms with Crippen LogP contribution in [0.4, 0.5) is 4.39 Å². The van der Waals surface area contributed by atoms with E-state index in [4.69, 9.17) is 5.11 Å². The van der Waals surface area contributed by atoms with Crippen molar-refractivity contribution in [3.8, 4) is 0 Å². The first-order chi connectivity index (χ1) is 9.00. The van der Waals surface area contributed by atoms with Gasteiger partial charge in [0.2, 0.25) is 0 Å². The lowest BCUT2D eigenvalue weighted by Gasteiger charge is -2.33. The molecule has 102 valence electrons. The molecule has 0 spiro atoms. The Hall–Kier alpha value is -1.43. The maximum atomic E-state index is 13.4. The van der Waals surface area contributed by atoms with Gasteiger partial charge in [0.05, 0.1) is 4.47 Å². The van der Waals surface area contributed by atoms with Crippen LogP contribution in [0.3, 0.4) is 0 Å². The van der Waals surface area contributed by atoms with Crippen LogP contribution in [0.1, 0.15) is 29.6 Å². The van der Waals surface area contributed by atoms with Crippen molar-refractivity contribution in [3.05, 3.63) is 34.1 Å². The molecule has 1 aliphatic heterocycles. The predicted octanol–water partition coefficient (Wildman–Crippen LogP) is 2.67. The van der Waals surface area contributed by atoms with E-state index in [-0.39, 0.29) is 10.0 Å². The van der Waals surface area contributed by atoms with Crippen molar-refractivity contribution >= 4 is 27.8 Å². The first-order valence-corrected chi connectivity index (χ1v) is 6.79. The Bertz CT molecular complexity index is 521. The standard InChI is InChI=1S/C13H13BrFNO3/c14-9-5-4-8(7-10(9)15)12(17)16-6-2-1-3-11(16)13(18)19/h4-5,7,11H,1-3,6H2,(H,18,19)/t11-/m1/s1. The summed E-state index contributed by atoms with van der Waals surface area (Å²) in [5.41, 5.74) is 0.175. The van der Waals surface area contributed by atoms with Crippen LogP contribution < -0.4 is 0 Å². The Balaban J connectivity index is 2.26. The highest BCUT2D eigenvalue weighted by Crippen LogP contribution is 2.22. The molecule has 0 aromatic heterocycles. The molecule has 4 nitrogen and oxygen atoms in total. The summed E-state index contributed by atoms with van der Waals surface area (Å²) in [7, 11) is 0. The molecule has 0 aliphatic carbocycles. The van der Waals surface area contributed by atoms with E-state index in [1.54, 1.807) is 0 Å². The average molecular weight is 330 g/mol. The van der Waals surface area contributed by atoms with Crippen LogP contribution in [0, 0.1) is 5.82 Å². The van der Waals surface area contributed by atoms with Gasteiger partial charge in [0.25, 0.3) is 5.91 Å². The molecule has 1 aromatic rings. The number of aliphatic carboxylic acids is 1. The second kappa shape index (κ2) is 5.69. The van der Waals surface area contributed by atoms with Gasteiger partial charge in [-0.15, -0.1) is 0 Å². The molecule has 1 aliphatic rings. The second-order valence-electron chi connectivity index (χ2n) is 4.48. The molecule has 1 amide bonds. The minimum absolute atomic E-state index is 0.175. The highest BCUT2D eigenvalue weighted by atomic mass is 79.9. The molecule has 1 N–H and O–H groups in total. The zero-order chi connectivity index (χ0) is 14.0. The van der Waals surface area contributed by atoms with Crippen LogP contribution in [0.15, 0.2) is 22.7 Å². The number of hydrogen-bond acceptors (Lipinski definition) is 2. The maximum Gasteiger partial charge on any atom is 0.326 e. The molecular weight excluding hydrogens is 317 g/mol. The molecule has 0 unspecified atom stereocenters. The van der Waals surface area contributed by atoms with Gasteiger partial charge in [-0.25, -0.2) is 9.18 Å². The fraction of sp³-hybridized carbons (Fsp3) is 0.385. The Morgan fingerprint density at radius 3 is 2.74 bits per heavy atom. The summed E-state index contributed by atoms with van der Waals surface area (Å²) in [4.78, 5) is 24.7. The number of carbonyl (C=O) groups excluding carboxylic acids is 1. The number of likely N-dealkylation sites (tertiary alicyclic amines) is 1.